The van der Waals surface area contributed by atoms with Gasteiger partial charge in [0.2, 0.25) is 0 Å². The van der Waals surface area contributed by atoms with Crippen LogP contribution in [0.25, 0.3) is 0 Å². The normalized spacial score (nSPS) is 18.3. The van der Waals surface area contributed by atoms with Crippen molar-refractivity contribution >= 4 is 21.6 Å². The average molecular weight is 462 g/mol. The molecule has 2 aliphatic heterocycles. The maximum absolute atomic E-state index is 13.3. The summed E-state index contributed by atoms with van der Waals surface area (Å²) in [4.78, 5) is 15.4. The van der Waals surface area contributed by atoms with Crippen molar-refractivity contribution in [1.82, 2.24) is 10.2 Å². The predicted molar refractivity (Wildman–Crippen MR) is 129 cm³/mol. The highest BCUT2D eigenvalue weighted by atomic mass is 32.2. The van der Waals surface area contributed by atoms with Crippen LogP contribution in [-0.2, 0) is 23.0 Å². The first kappa shape index (κ1) is 21.7. The number of para-hydroxylation sites is 1. The molecule has 0 radical (unpaired) electrons. The van der Waals surface area contributed by atoms with Gasteiger partial charge in [-0.25, -0.2) is 8.42 Å². The van der Waals surface area contributed by atoms with Crippen molar-refractivity contribution in [1.29, 1.82) is 0 Å². The number of sulfonamides is 1. The molecule has 170 valence electrons. The van der Waals surface area contributed by atoms with E-state index >= 15 is 0 Å². The number of likely N-dealkylation sites (tertiary alicyclic amines) is 1. The third-order valence-electron chi connectivity index (χ3n) is 6.39. The molecule has 0 bridgehead atoms. The molecule has 2 heterocycles. The van der Waals surface area contributed by atoms with Crippen LogP contribution in [0.15, 0.2) is 83.8 Å². The lowest BCUT2D eigenvalue weighted by Crippen LogP contribution is -2.37. The minimum Gasteiger partial charge on any atom is -0.348 e. The van der Waals surface area contributed by atoms with Crippen LogP contribution in [0.2, 0.25) is 0 Å². The van der Waals surface area contributed by atoms with Crippen LogP contribution in [0.5, 0.6) is 0 Å². The van der Waals surface area contributed by atoms with Gasteiger partial charge in [-0.1, -0.05) is 54.6 Å². The Bertz CT molecular complexity index is 1260. The number of rotatable bonds is 6. The molecule has 1 atom stereocenters. The van der Waals surface area contributed by atoms with E-state index in [0.29, 0.717) is 18.5 Å². The Morgan fingerprint density at radius 3 is 2.58 bits per heavy atom. The van der Waals surface area contributed by atoms with Crippen molar-refractivity contribution in [3.05, 3.63) is 95.6 Å². The number of nitrogens with zero attached hydrogens (tertiary/aromatic N) is 2. The Hall–Kier alpha value is -3.16. The lowest BCUT2D eigenvalue weighted by Gasteiger charge is -2.20. The molecule has 3 aromatic carbocycles. The third-order valence-corrected chi connectivity index (χ3v) is 8.19. The number of carbonyl (C=O) groups is 1. The zero-order valence-corrected chi connectivity index (χ0v) is 19.2. The van der Waals surface area contributed by atoms with Gasteiger partial charge in [0, 0.05) is 37.8 Å². The molecule has 33 heavy (non-hydrogen) atoms. The molecule has 0 spiro atoms. The third kappa shape index (κ3) is 4.51. The molecular weight excluding hydrogens is 434 g/mol. The van der Waals surface area contributed by atoms with Crippen molar-refractivity contribution in [3.63, 3.8) is 0 Å². The summed E-state index contributed by atoms with van der Waals surface area (Å²) in [5.41, 5.74) is 3.36. The standard InChI is InChI=1S/C26H27N3O3S/c30-26(27-23-14-15-28(19-23)18-20-7-2-1-3-8-20)22-10-6-11-24(17-22)33(31,32)29-16-13-21-9-4-5-12-25(21)29/h1-12,17,23H,13-16,18-19H2,(H,27,30)/t23-/m0/s1. The Morgan fingerprint density at radius 1 is 0.939 bits per heavy atom. The molecule has 0 unspecified atom stereocenters. The summed E-state index contributed by atoms with van der Waals surface area (Å²) in [5, 5.41) is 3.09. The molecule has 1 saturated heterocycles. The van der Waals surface area contributed by atoms with Gasteiger partial charge < -0.3 is 5.32 Å². The van der Waals surface area contributed by atoms with Crippen LogP contribution in [0.1, 0.15) is 27.9 Å². The van der Waals surface area contributed by atoms with E-state index in [-0.39, 0.29) is 16.8 Å². The molecule has 0 saturated carbocycles. The van der Waals surface area contributed by atoms with Crippen LogP contribution >= 0.6 is 0 Å². The van der Waals surface area contributed by atoms with Crippen molar-refractivity contribution < 1.29 is 13.2 Å². The first-order valence-corrected chi connectivity index (χ1v) is 12.7. The molecule has 1 amide bonds. The monoisotopic (exact) mass is 461 g/mol. The number of hydrogen-bond acceptors (Lipinski definition) is 4. The summed E-state index contributed by atoms with van der Waals surface area (Å²) < 4.78 is 28.1. The van der Waals surface area contributed by atoms with E-state index in [1.54, 1.807) is 18.2 Å². The molecule has 2 aliphatic rings. The summed E-state index contributed by atoms with van der Waals surface area (Å²) >= 11 is 0. The molecule has 5 rings (SSSR count). The maximum atomic E-state index is 13.3. The number of benzene rings is 3. The minimum absolute atomic E-state index is 0.0481. The topological polar surface area (TPSA) is 69.7 Å². The van der Waals surface area contributed by atoms with Crippen molar-refractivity contribution in [2.24, 2.45) is 0 Å². The SMILES string of the molecule is O=C(N[C@H]1CCN(Cc2ccccc2)C1)c1cccc(S(=O)(=O)N2CCc3ccccc32)c1. The van der Waals surface area contributed by atoms with E-state index in [4.69, 9.17) is 0 Å². The fraction of sp³-hybridized carbons (Fsp3) is 0.269. The summed E-state index contributed by atoms with van der Waals surface area (Å²) in [6.07, 6.45) is 1.57. The van der Waals surface area contributed by atoms with Gasteiger partial charge in [0.25, 0.3) is 15.9 Å². The second-order valence-corrected chi connectivity index (χ2v) is 10.5. The Labute approximate surface area is 194 Å². The lowest BCUT2D eigenvalue weighted by atomic mass is 10.2. The smallest absolute Gasteiger partial charge is 0.264 e. The Kier molecular flexibility index (Phi) is 5.91. The van der Waals surface area contributed by atoms with Gasteiger partial charge in [-0.3, -0.25) is 14.0 Å². The van der Waals surface area contributed by atoms with Gasteiger partial charge in [-0.05, 0) is 48.2 Å². The highest BCUT2D eigenvalue weighted by Gasteiger charge is 2.31. The number of fused-ring (bicyclic) bond motifs is 1. The summed E-state index contributed by atoms with van der Waals surface area (Å²) in [7, 11) is -3.73. The first-order valence-electron chi connectivity index (χ1n) is 11.3. The molecule has 0 aromatic heterocycles. The van der Waals surface area contributed by atoms with Crippen LogP contribution in [0.3, 0.4) is 0 Å². The van der Waals surface area contributed by atoms with Gasteiger partial charge in [0.15, 0.2) is 0 Å². The minimum atomic E-state index is -3.73. The second kappa shape index (κ2) is 9.00. The van der Waals surface area contributed by atoms with Crippen LogP contribution in [0.4, 0.5) is 5.69 Å². The maximum Gasteiger partial charge on any atom is 0.264 e. The van der Waals surface area contributed by atoms with Gasteiger partial charge in [-0.2, -0.15) is 0 Å². The van der Waals surface area contributed by atoms with E-state index < -0.39 is 10.0 Å². The molecule has 1 N–H and O–H groups in total. The van der Waals surface area contributed by atoms with Gasteiger partial charge >= 0.3 is 0 Å². The van der Waals surface area contributed by atoms with Crippen LogP contribution in [-0.4, -0.2) is 44.9 Å². The van der Waals surface area contributed by atoms with Gasteiger partial charge in [0.05, 0.1) is 10.6 Å². The number of nitrogens with one attached hydrogen (secondary N) is 1. The average Bonchev–Trinajstić information content (AvgIpc) is 3.47. The molecular formula is C26H27N3O3S. The van der Waals surface area contributed by atoms with Gasteiger partial charge in [-0.15, -0.1) is 0 Å². The molecule has 0 aliphatic carbocycles. The van der Waals surface area contributed by atoms with E-state index in [1.807, 2.05) is 42.5 Å². The van der Waals surface area contributed by atoms with E-state index in [1.165, 1.54) is 15.9 Å². The first-order chi connectivity index (χ1) is 16.0. The summed E-state index contributed by atoms with van der Waals surface area (Å²) in [5.74, 6) is -0.236. The quantitative estimate of drug-likeness (QED) is 0.611. The largest absolute Gasteiger partial charge is 0.348 e. The van der Waals surface area contributed by atoms with E-state index in [9.17, 15) is 13.2 Å². The van der Waals surface area contributed by atoms with Gasteiger partial charge in [0.1, 0.15) is 0 Å². The lowest BCUT2D eigenvalue weighted by molar-refractivity contribution is 0.0937. The molecule has 3 aromatic rings. The number of amides is 1. The van der Waals surface area contributed by atoms with Crippen molar-refractivity contribution in [2.45, 2.75) is 30.3 Å². The fourth-order valence-electron chi connectivity index (χ4n) is 4.69. The van der Waals surface area contributed by atoms with Crippen LogP contribution in [0, 0.1) is 0 Å². The van der Waals surface area contributed by atoms with Crippen molar-refractivity contribution in [2.75, 3.05) is 23.9 Å². The Morgan fingerprint density at radius 2 is 1.73 bits per heavy atom. The molecule has 1 fully saturated rings. The van der Waals surface area contributed by atoms with Crippen molar-refractivity contribution in [3.8, 4) is 0 Å². The number of anilines is 1. The zero-order valence-electron chi connectivity index (χ0n) is 18.4. The number of carbonyl (C=O) groups excluding carboxylic acids is 1. The highest BCUT2D eigenvalue weighted by Crippen LogP contribution is 2.32. The summed E-state index contributed by atoms with van der Waals surface area (Å²) in [6.45, 7) is 2.97. The van der Waals surface area contributed by atoms with Crippen LogP contribution < -0.4 is 9.62 Å². The zero-order chi connectivity index (χ0) is 22.8. The second-order valence-electron chi connectivity index (χ2n) is 8.66. The fourth-order valence-corrected chi connectivity index (χ4v) is 6.24. The predicted octanol–water partition coefficient (Wildman–Crippen LogP) is 3.44. The molecule has 7 heteroatoms. The highest BCUT2D eigenvalue weighted by molar-refractivity contribution is 7.92. The Balaban J connectivity index is 1.26. The van der Waals surface area contributed by atoms with E-state index in [2.05, 4.69) is 22.3 Å². The molecule has 6 nitrogen and oxygen atoms in total. The summed E-state index contributed by atoms with van der Waals surface area (Å²) in [6, 6.07) is 24.2. The van der Waals surface area contributed by atoms with E-state index in [0.717, 1.165) is 37.3 Å². The number of hydrogen-bond donors (Lipinski definition) is 1.